The molecular formula is C11H10. The largest absolute Gasteiger partial charge is 0.0798 e. The fourth-order valence-corrected chi connectivity index (χ4v) is 1.43. The molecule has 0 spiro atoms. The van der Waals surface area contributed by atoms with Gasteiger partial charge in [-0.05, 0) is 23.6 Å². The molecule has 54 valence electrons. The van der Waals surface area contributed by atoms with Gasteiger partial charge in [0.2, 0.25) is 0 Å². The number of rotatable bonds is 0. The Bertz CT molecular complexity index is 330. The summed E-state index contributed by atoms with van der Waals surface area (Å²) in [7, 11) is 0. The quantitative estimate of drug-likeness (QED) is 0.522. The summed E-state index contributed by atoms with van der Waals surface area (Å²) in [6, 6.07) is 8.45. The van der Waals surface area contributed by atoms with Crippen molar-refractivity contribution >= 4 is 11.6 Å². The topological polar surface area (TPSA) is 0 Å². The summed E-state index contributed by atoms with van der Waals surface area (Å²) in [5.74, 6) is 0. The smallest absolute Gasteiger partial charge is 0.0115 e. The SMILES string of the molecule is CC=C1C=Cc2ccccc21. The van der Waals surface area contributed by atoms with E-state index in [0.29, 0.717) is 0 Å². The van der Waals surface area contributed by atoms with Crippen molar-refractivity contribution in [2.45, 2.75) is 6.92 Å². The molecule has 0 saturated carbocycles. The van der Waals surface area contributed by atoms with Gasteiger partial charge in [0.1, 0.15) is 0 Å². The van der Waals surface area contributed by atoms with Crippen molar-refractivity contribution in [3.8, 4) is 0 Å². The van der Waals surface area contributed by atoms with Crippen LogP contribution < -0.4 is 0 Å². The minimum Gasteiger partial charge on any atom is -0.0798 e. The number of hydrogen-bond donors (Lipinski definition) is 0. The first kappa shape index (κ1) is 6.41. The van der Waals surface area contributed by atoms with Gasteiger partial charge in [0.15, 0.2) is 0 Å². The maximum absolute atomic E-state index is 2.16. The standard InChI is InChI=1S/C11H10/c1-2-9-7-8-10-5-3-4-6-11(9)10/h2-8H,1H3. The summed E-state index contributed by atoms with van der Waals surface area (Å²) in [5.41, 5.74) is 4.02. The van der Waals surface area contributed by atoms with E-state index >= 15 is 0 Å². The maximum atomic E-state index is 2.16. The van der Waals surface area contributed by atoms with Gasteiger partial charge < -0.3 is 0 Å². The number of hydrogen-bond acceptors (Lipinski definition) is 0. The molecule has 1 aromatic carbocycles. The van der Waals surface area contributed by atoms with Crippen molar-refractivity contribution < 1.29 is 0 Å². The lowest BCUT2D eigenvalue weighted by molar-refractivity contribution is 1.60. The number of allylic oxidation sites excluding steroid dienone is 3. The Balaban J connectivity index is 2.63. The van der Waals surface area contributed by atoms with Crippen molar-refractivity contribution in [1.29, 1.82) is 0 Å². The first-order valence-electron chi connectivity index (χ1n) is 3.85. The molecule has 1 aliphatic rings. The average Bonchev–Trinajstić information content (AvgIpc) is 2.47. The Kier molecular flexibility index (Phi) is 1.39. The summed E-state index contributed by atoms with van der Waals surface area (Å²) < 4.78 is 0. The minimum atomic E-state index is 1.33. The summed E-state index contributed by atoms with van der Waals surface area (Å²) in [6.07, 6.45) is 6.46. The molecule has 0 aromatic heterocycles. The molecule has 0 nitrogen and oxygen atoms in total. The summed E-state index contributed by atoms with van der Waals surface area (Å²) in [6.45, 7) is 2.07. The summed E-state index contributed by atoms with van der Waals surface area (Å²) >= 11 is 0. The van der Waals surface area contributed by atoms with E-state index in [1.807, 2.05) is 0 Å². The van der Waals surface area contributed by atoms with Gasteiger partial charge >= 0.3 is 0 Å². The molecule has 0 saturated heterocycles. The van der Waals surface area contributed by atoms with E-state index in [2.05, 4.69) is 49.4 Å². The van der Waals surface area contributed by atoms with Gasteiger partial charge in [-0.15, -0.1) is 0 Å². The molecule has 1 aliphatic carbocycles. The molecule has 0 radical (unpaired) electrons. The number of benzene rings is 1. The van der Waals surface area contributed by atoms with Crippen LogP contribution in [-0.2, 0) is 0 Å². The molecule has 0 unspecified atom stereocenters. The van der Waals surface area contributed by atoms with E-state index in [1.54, 1.807) is 0 Å². The fourth-order valence-electron chi connectivity index (χ4n) is 1.43. The van der Waals surface area contributed by atoms with E-state index in [1.165, 1.54) is 16.7 Å². The molecule has 0 bridgehead atoms. The Morgan fingerprint density at radius 3 is 2.73 bits per heavy atom. The van der Waals surface area contributed by atoms with Crippen LogP contribution in [0.15, 0.2) is 36.4 Å². The molecule has 2 rings (SSSR count). The minimum absolute atomic E-state index is 1.33. The lowest BCUT2D eigenvalue weighted by Gasteiger charge is -1.97. The zero-order valence-electron chi connectivity index (χ0n) is 6.54. The molecule has 0 amide bonds. The Hall–Kier alpha value is -1.30. The third-order valence-corrected chi connectivity index (χ3v) is 2.03. The van der Waals surface area contributed by atoms with Gasteiger partial charge in [-0.25, -0.2) is 0 Å². The van der Waals surface area contributed by atoms with Crippen molar-refractivity contribution in [1.82, 2.24) is 0 Å². The third-order valence-electron chi connectivity index (χ3n) is 2.03. The third kappa shape index (κ3) is 0.911. The van der Waals surface area contributed by atoms with Gasteiger partial charge in [0, 0.05) is 0 Å². The predicted octanol–water partition coefficient (Wildman–Crippen LogP) is 3.12. The molecular weight excluding hydrogens is 132 g/mol. The lowest BCUT2D eigenvalue weighted by Crippen LogP contribution is -1.77. The highest BCUT2D eigenvalue weighted by Crippen LogP contribution is 2.27. The van der Waals surface area contributed by atoms with E-state index in [4.69, 9.17) is 0 Å². The van der Waals surface area contributed by atoms with Crippen LogP contribution in [-0.4, -0.2) is 0 Å². The normalized spacial score (nSPS) is 17.4. The van der Waals surface area contributed by atoms with Gasteiger partial charge in [-0.1, -0.05) is 42.5 Å². The number of fused-ring (bicyclic) bond motifs is 1. The second kappa shape index (κ2) is 2.39. The summed E-state index contributed by atoms with van der Waals surface area (Å²) in [4.78, 5) is 0. The van der Waals surface area contributed by atoms with E-state index in [0.717, 1.165) is 0 Å². The average molecular weight is 142 g/mol. The van der Waals surface area contributed by atoms with Gasteiger partial charge in [-0.2, -0.15) is 0 Å². The van der Waals surface area contributed by atoms with E-state index < -0.39 is 0 Å². The second-order valence-corrected chi connectivity index (χ2v) is 2.66. The maximum Gasteiger partial charge on any atom is -0.0115 e. The highest BCUT2D eigenvalue weighted by atomic mass is 14.1. The van der Waals surface area contributed by atoms with Crippen LogP contribution in [0.5, 0.6) is 0 Å². The molecule has 0 N–H and O–H groups in total. The molecule has 0 heteroatoms. The van der Waals surface area contributed by atoms with Crippen molar-refractivity contribution in [3.05, 3.63) is 47.5 Å². The van der Waals surface area contributed by atoms with Crippen LogP contribution in [0.25, 0.3) is 11.6 Å². The molecule has 0 heterocycles. The lowest BCUT2D eigenvalue weighted by atomic mass is 10.1. The Morgan fingerprint density at radius 2 is 1.91 bits per heavy atom. The predicted molar refractivity (Wildman–Crippen MR) is 49.1 cm³/mol. The highest BCUT2D eigenvalue weighted by molar-refractivity contribution is 5.89. The van der Waals surface area contributed by atoms with Crippen LogP contribution in [0.2, 0.25) is 0 Å². The van der Waals surface area contributed by atoms with Gasteiger partial charge in [0.05, 0.1) is 0 Å². The van der Waals surface area contributed by atoms with Gasteiger partial charge in [-0.3, -0.25) is 0 Å². The monoisotopic (exact) mass is 142 g/mol. The van der Waals surface area contributed by atoms with Crippen molar-refractivity contribution in [3.63, 3.8) is 0 Å². The molecule has 1 aromatic rings. The van der Waals surface area contributed by atoms with E-state index in [-0.39, 0.29) is 0 Å². The highest BCUT2D eigenvalue weighted by Gasteiger charge is 2.06. The van der Waals surface area contributed by atoms with Gasteiger partial charge in [0.25, 0.3) is 0 Å². The molecule has 0 atom stereocenters. The summed E-state index contributed by atoms with van der Waals surface area (Å²) in [5, 5.41) is 0. The second-order valence-electron chi connectivity index (χ2n) is 2.66. The van der Waals surface area contributed by atoms with Crippen molar-refractivity contribution in [2.75, 3.05) is 0 Å². The molecule has 11 heavy (non-hydrogen) atoms. The molecule has 0 fully saturated rings. The fraction of sp³-hybridized carbons (Fsp3) is 0.0909. The van der Waals surface area contributed by atoms with Crippen LogP contribution >= 0.6 is 0 Å². The first-order valence-corrected chi connectivity index (χ1v) is 3.85. The zero-order chi connectivity index (χ0) is 7.68. The van der Waals surface area contributed by atoms with Crippen molar-refractivity contribution in [2.24, 2.45) is 0 Å². The van der Waals surface area contributed by atoms with Crippen LogP contribution in [0.3, 0.4) is 0 Å². The zero-order valence-corrected chi connectivity index (χ0v) is 6.54. The van der Waals surface area contributed by atoms with Crippen LogP contribution in [0.1, 0.15) is 18.1 Å². The van der Waals surface area contributed by atoms with Crippen LogP contribution in [0, 0.1) is 0 Å². The Labute approximate surface area is 66.9 Å². The van der Waals surface area contributed by atoms with Crippen LogP contribution in [0.4, 0.5) is 0 Å². The van der Waals surface area contributed by atoms with E-state index in [9.17, 15) is 0 Å². The molecule has 0 aliphatic heterocycles. The Morgan fingerprint density at radius 1 is 1.09 bits per heavy atom. The first-order chi connectivity index (χ1) is 5.42.